The molecule has 78 valence electrons. The number of amides is 2. The van der Waals surface area contributed by atoms with Crippen molar-refractivity contribution in [3.63, 3.8) is 0 Å². The highest BCUT2D eigenvalue weighted by Crippen LogP contribution is 2.06. The van der Waals surface area contributed by atoms with Crippen LogP contribution < -0.4 is 5.73 Å². The van der Waals surface area contributed by atoms with Crippen molar-refractivity contribution < 1.29 is 9.59 Å². The van der Waals surface area contributed by atoms with Crippen LogP contribution in [0.15, 0.2) is 34.5 Å². The van der Waals surface area contributed by atoms with Crippen LogP contribution in [0.5, 0.6) is 0 Å². The number of benzene rings is 1. The minimum Gasteiger partial charge on any atom is -0.366 e. The number of rotatable bonds is 3. The van der Waals surface area contributed by atoms with Gasteiger partial charge in [0.05, 0.1) is 6.54 Å². The lowest BCUT2D eigenvalue weighted by molar-refractivity contribution is 0.0993. The Labute approximate surface area is 87.0 Å². The summed E-state index contributed by atoms with van der Waals surface area (Å²) in [6.45, 7) is 2.22. The van der Waals surface area contributed by atoms with E-state index in [0.29, 0.717) is 12.1 Å². The first-order chi connectivity index (χ1) is 7.15. The number of primary amides is 1. The summed E-state index contributed by atoms with van der Waals surface area (Å²) in [4.78, 5) is 22.2. The summed E-state index contributed by atoms with van der Waals surface area (Å²) >= 11 is 0. The van der Waals surface area contributed by atoms with Crippen LogP contribution in [0.1, 0.15) is 27.6 Å². The molecule has 1 rings (SSSR count). The molecule has 2 N–H and O–H groups in total. The summed E-state index contributed by atoms with van der Waals surface area (Å²) in [7, 11) is 0. The molecule has 5 nitrogen and oxygen atoms in total. The molecule has 0 atom stereocenters. The van der Waals surface area contributed by atoms with E-state index < -0.39 is 11.8 Å². The zero-order valence-electron chi connectivity index (χ0n) is 8.30. The number of nitrogens with two attached hydrogens (primary N) is 1. The number of azo groups is 1. The van der Waals surface area contributed by atoms with Gasteiger partial charge in [0.2, 0.25) is 5.91 Å². The van der Waals surface area contributed by atoms with Crippen molar-refractivity contribution in [2.24, 2.45) is 16.0 Å². The molecule has 0 saturated carbocycles. The van der Waals surface area contributed by atoms with Crippen LogP contribution in [0.3, 0.4) is 0 Å². The lowest BCUT2D eigenvalue weighted by atomic mass is 10.1. The van der Waals surface area contributed by atoms with Crippen molar-refractivity contribution in [3.05, 3.63) is 35.4 Å². The number of nitrogens with zero attached hydrogens (tertiary/aromatic N) is 2. The smallest absolute Gasteiger partial charge is 0.295 e. The molecule has 0 unspecified atom stereocenters. The van der Waals surface area contributed by atoms with Gasteiger partial charge in [-0.3, -0.25) is 9.59 Å². The Bertz CT molecular complexity index is 413. The van der Waals surface area contributed by atoms with E-state index in [9.17, 15) is 9.59 Å². The highest BCUT2D eigenvalue weighted by molar-refractivity contribution is 5.99. The molecular weight excluding hydrogens is 194 g/mol. The second kappa shape index (κ2) is 4.99. The zero-order valence-corrected chi connectivity index (χ0v) is 8.30. The van der Waals surface area contributed by atoms with Gasteiger partial charge in [0, 0.05) is 11.1 Å². The molecule has 15 heavy (non-hydrogen) atoms. The molecule has 0 heterocycles. The van der Waals surface area contributed by atoms with E-state index in [1.807, 2.05) is 0 Å². The fourth-order valence-corrected chi connectivity index (χ4v) is 0.998. The second-order valence-electron chi connectivity index (χ2n) is 2.81. The maximum Gasteiger partial charge on any atom is 0.295 e. The molecule has 0 aliphatic rings. The first-order valence-corrected chi connectivity index (χ1v) is 4.47. The van der Waals surface area contributed by atoms with Crippen LogP contribution >= 0.6 is 0 Å². The molecule has 5 heteroatoms. The third kappa shape index (κ3) is 2.98. The van der Waals surface area contributed by atoms with Gasteiger partial charge in [0.25, 0.3) is 5.91 Å². The van der Waals surface area contributed by atoms with E-state index in [2.05, 4.69) is 10.2 Å². The van der Waals surface area contributed by atoms with Gasteiger partial charge in [-0.1, -0.05) is 6.07 Å². The van der Waals surface area contributed by atoms with E-state index in [1.54, 1.807) is 19.1 Å². The van der Waals surface area contributed by atoms with Crippen molar-refractivity contribution in [2.75, 3.05) is 6.54 Å². The second-order valence-corrected chi connectivity index (χ2v) is 2.81. The normalized spacial score (nSPS) is 10.5. The lowest BCUT2D eigenvalue weighted by Crippen LogP contribution is -2.11. The van der Waals surface area contributed by atoms with Crippen LogP contribution in [0.25, 0.3) is 0 Å². The Morgan fingerprint density at radius 1 is 1.33 bits per heavy atom. The first kappa shape index (κ1) is 11.0. The van der Waals surface area contributed by atoms with Crippen molar-refractivity contribution in [2.45, 2.75) is 6.92 Å². The van der Waals surface area contributed by atoms with E-state index in [1.165, 1.54) is 12.1 Å². The average Bonchev–Trinajstić information content (AvgIpc) is 2.26. The maximum atomic E-state index is 11.4. The molecule has 0 saturated heterocycles. The van der Waals surface area contributed by atoms with Gasteiger partial charge in [-0.25, -0.2) is 0 Å². The van der Waals surface area contributed by atoms with Gasteiger partial charge < -0.3 is 5.73 Å². The Kier molecular flexibility index (Phi) is 3.68. The first-order valence-electron chi connectivity index (χ1n) is 4.47. The highest BCUT2D eigenvalue weighted by Gasteiger charge is 2.07. The average molecular weight is 205 g/mol. The molecular formula is C10H11N3O2. The van der Waals surface area contributed by atoms with Crippen LogP contribution in [0.2, 0.25) is 0 Å². The van der Waals surface area contributed by atoms with Crippen LogP contribution in [0.4, 0.5) is 0 Å². The van der Waals surface area contributed by atoms with E-state index in [-0.39, 0.29) is 5.56 Å². The molecule has 0 aliphatic carbocycles. The van der Waals surface area contributed by atoms with Crippen molar-refractivity contribution in [1.82, 2.24) is 0 Å². The molecule has 0 fully saturated rings. The van der Waals surface area contributed by atoms with Gasteiger partial charge >= 0.3 is 0 Å². The van der Waals surface area contributed by atoms with Gasteiger partial charge in [0.15, 0.2) is 0 Å². The Morgan fingerprint density at radius 2 is 2.00 bits per heavy atom. The van der Waals surface area contributed by atoms with Crippen molar-refractivity contribution >= 4 is 11.8 Å². The van der Waals surface area contributed by atoms with Gasteiger partial charge in [-0.2, -0.15) is 5.11 Å². The summed E-state index contributed by atoms with van der Waals surface area (Å²) in [5, 5.41) is 7.03. The van der Waals surface area contributed by atoms with E-state index in [4.69, 9.17) is 5.73 Å². The van der Waals surface area contributed by atoms with E-state index >= 15 is 0 Å². The largest absolute Gasteiger partial charge is 0.366 e. The number of hydrogen-bond acceptors (Lipinski definition) is 3. The SMILES string of the molecule is CCN=NC(=O)c1cccc(C(N)=O)c1. The molecule has 0 aliphatic heterocycles. The van der Waals surface area contributed by atoms with Gasteiger partial charge in [0.1, 0.15) is 0 Å². The number of hydrogen-bond donors (Lipinski definition) is 1. The fraction of sp³-hybridized carbons (Fsp3) is 0.200. The van der Waals surface area contributed by atoms with Crippen molar-refractivity contribution in [1.29, 1.82) is 0 Å². The van der Waals surface area contributed by atoms with Gasteiger partial charge in [-0.15, -0.1) is 5.11 Å². The predicted octanol–water partition coefficient (Wildman–Crippen LogP) is 1.40. The third-order valence-corrected chi connectivity index (χ3v) is 1.70. The van der Waals surface area contributed by atoms with Crippen LogP contribution in [-0.2, 0) is 0 Å². The number of carbonyl (C=O) groups excluding carboxylic acids is 2. The van der Waals surface area contributed by atoms with E-state index in [0.717, 1.165) is 0 Å². The molecule has 1 aromatic carbocycles. The Balaban J connectivity index is 2.95. The minimum absolute atomic E-state index is 0.285. The zero-order chi connectivity index (χ0) is 11.3. The summed E-state index contributed by atoms with van der Waals surface area (Å²) in [5.74, 6) is -1.04. The highest BCUT2D eigenvalue weighted by atomic mass is 16.2. The van der Waals surface area contributed by atoms with Crippen LogP contribution in [0, 0.1) is 0 Å². The molecule has 1 aromatic rings. The summed E-state index contributed by atoms with van der Waals surface area (Å²) in [5.41, 5.74) is 5.67. The molecule has 0 radical (unpaired) electrons. The topological polar surface area (TPSA) is 84.9 Å². The monoisotopic (exact) mass is 205 g/mol. The number of carbonyl (C=O) groups is 2. The Morgan fingerprint density at radius 3 is 2.60 bits per heavy atom. The standard InChI is InChI=1S/C10H11N3O2/c1-2-12-13-10(15)8-5-3-4-7(6-8)9(11)14/h3-6H,2H2,1H3,(H2,11,14). The maximum absolute atomic E-state index is 11.4. The third-order valence-electron chi connectivity index (χ3n) is 1.70. The van der Waals surface area contributed by atoms with Crippen molar-refractivity contribution in [3.8, 4) is 0 Å². The summed E-state index contributed by atoms with van der Waals surface area (Å²) in [6, 6.07) is 6.08. The fourth-order valence-electron chi connectivity index (χ4n) is 0.998. The Hall–Kier alpha value is -2.04. The molecule has 0 bridgehead atoms. The van der Waals surface area contributed by atoms with Crippen LogP contribution in [-0.4, -0.2) is 18.4 Å². The molecule has 0 aromatic heterocycles. The quantitative estimate of drug-likeness (QED) is 0.756. The lowest BCUT2D eigenvalue weighted by Gasteiger charge is -1.97. The van der Waals surface area contributed by atoms with Gasteiger partial charge in [-0.05, 0) is 25.1 Å². The summed E-state index contributed by atoms with van der Waals surface area (Å²) in [6.07, 6.45) is 0. The molecule has 2 amide bonds. The molecule has 0 spiro atoms. The predicted molar refractivity (Wildman–Crippen MR) is 54.7 cm³/mol. The summed E-state index contributed by atoms with van der Waals surface area (Å²) < 4.78 is 0. The minimum atomic E-state index is -0.572.